The van der Waals surface area contributed by atoms with E-state index < -0.39 is 0 Å². The average Bonchev–Trinajstić information content (AvgIpc) is 2.29. The van der Waals surface area contributed by atoms with Crippen molar-refractivity contribution < 1.29 is 0 Å². The van der Waals surface area contributed by atoms with E-state index in [9.17, 15) is 4.79 Å². The third kappa shape index (κ3) is 1.63. The molecule has 0 unspecified atom stereocenters. The van der Waals surface area contributed by atoms with Crippen LogP contribution in [0.4, 0.5) is 0 Å². The predicted molar refractivity (Wildman–Crippen MR) is 66.4 cm³/mol. The smallest absolute Gasteiger partial charge is 0.207 e. The zero-order chi connectivity index (χ0) is 11.7. The number of nitrogens with one attached hydrogen (secondary N) is 1. The lowest BCUT2D eigenvalue weighted by Gasteiger charge is -2.05. The van der Waals surface area contributed by atoms with Crippen LogP contribution in [-0.2, 0) is 6.42 Å². The Morgan fingerprint density at radius 2 is 2.25 bits per heavy atom. The molecule has 3 nitrogen and oxygen atoms in total. The Labute approximate surface area is 101 Å². The molecule has 2 aromatic rings. The van der Waals surface area contributed by atoms with Gasteiger partial charge in [0, 0.05) is 16.1 Å². The van der Waals surface area contributed by atoms with E-state index in [1.165, 1.54) is 6.20 Å². The number of pyridine rings is 1. The summed E-state index contributed by atoms with van der Waals surface area (Å²) < 4.78 is 0.859. The van der Waals surface area contributed by atoms with Crippen molar-refractivity contribution in [3.63, 3.8) is 0 Å². The van der Waals surface area contributed by atoms with Gasteiger partial charge in [-0.25, -0.2) is 0 Å². The first-order valence-electron chi connectivity index (χ1n) is 4.91. The molecule has 0 bridgehead atoms. The first-order valence-corrected chi connectivity index (χ1v) is 5.70. The Hall–Kier alpha value is -1.60. The second-order valence-corrected chi connectivity index (χ2v) is 4.40. The molecule has 1 heterocycles. The molecule has 4 heteroatoms. The van der Waals surface area contributed by atoms with Crippen molar-refractivity contribution in [2.75, 3.05) is 0 Å². The van der Waals surface area contributed by atoms with Crippen LogP contribution < -0.4 is 5.43 Å². The van der Waals surface area contributed by atoms with Crippen LogP contribution in [-0.4, -0.2) is 4.98 Å². The number of halogens is 1. The molecule has 1 aromatic carbocycles. The first kappa shape index (κ1) is 10.9. The predicted octanol–water partition coefficient (Wildman–Crippen LogP) is 2.72. The van der Waals surface area contributed by atoms with Gasteiger partial charge in [0.05, 0.1) is 5.52 Å². The van der Waals surface area contributed by atoms with E-state index in [0.29, 0.717) is 5.39 Å². The minimum atomic E-state index is -0.216. The number of nitrogens with zero attached hydrogens (tertiary/aromatic N) is 1. The highest BCUT2D eigenvalue weighted by Gasteiger charge is 2.08. The number of hydrogen-bond acceptors (Lipinski definition) is 2. The van der Waals surface area contributed by atoms with Gasteiger partial charge in [0.25, 0.3) is 0 Å². The molecular weight excluding hydrogens is 268 g/mol. The summed E-state index contributed by atoms with van der Waals surface area (Å²) in [5.41, 5.74) is 1.81. The molecule has 0 aliphatic rings. The van der Waals surface area contributed by atoms with Gasteiger partial charge in [0.2, 0.25) is 5.43 Å². The monoisotopic (exact) mass is 276 g/mol. The van der Waals surface area contributed by atoms with Crippen LogP contribution >= 0.6 is 15.9 Å². The lowest BCUT2D eigenvalue weighted by atomic mass is 10.1. The SMILES string of the molecule is CCc1cc(Br)cc2c(=O)c(C#N)c[nH]c12. The van der Waals surface area contributed by atoms with E-state index in [-0.39, 0.29) is 11.0 Å². The minimum absolute atomic E-state index is 0.146. The molecular formula is C12H9BrN2O. The van der Waals surface area contributed by atoms with E-state index in [1.807, 2.05) is 19.1 Å². The second-order valence-electron chi connectivity index (χ2n) is 3.48. The molecule has 0 aliphatic heterocycles. The van der Waals surface area contributed by atoms with E-state index in [4.69, 9.17) is 5.26 Å². The average molecular weight is 277 g/mol. The summed E-state index contributed by atoms with van der Waals surface area (Å²) in [5.74, 6) is 0. The van der Waals surface area contributed by atoms with Crippen molar-refractivity contribution in [1.82, 2.24) is 4.98 Å². The van der Waals surface area contributed by atoms with Crippen molar-refractivity contribution in [2.45, 2.75) is 13.3 Å². The third-order valence-corrected chi connectivity index (χ3v) is 2.99. The van der Waals surface area contributed by atoms with Gasteiger partial charge in [-0.3, -0.25) is 4.79 Å². The van der Waals surface area contributed by atoms with Crippen molar-refractivity contribution >= 4 is 26.8 Å². The van der Waals surface area contributed by atoms with Gasteiger partial charge < -0.3 is 4.98 Å². The number of rotatable bonds is 1. The van der Waals surface area contributed by atoms with Gasteiger partial charge in [0.15, 0.2) is 0 Å². The lowest BCUT2D eigenvalue weighted by Crippen LogP contribution is -2.08. The largest absolute Gasteiger partial charge is 0.359 e. The highest BCUT2D eigenvalue weighted by Crippen LogP contribution is 2.21. The summed E-state index contributed by atoms with van der Waals surface area (Å²) in [7, 11) is 0. The number of H-pyrrole nitrogens is 1. The van der Waals surface area contributed by atoms with Gasteiger partial charge >= 0.3 is 0 Å². The fourth-order valence-corrected chi connectivity index (χ4v) is 2.23. The van der Waals surface area contributed by atoms with E-state index in [2.05, 4.69) is 20.9 Å². The fourth-order valence-electron chi connectivity index (χ4n) is 1.73. The summed E-state index contributed by atoms with van der Waals surface area (Å²) in [5, 5.41) is 9.35. The second kappa shape index (κ2) is 4.11. The first-order chi connectivity index (χ1) is 7.67. The Balaban J connectivity index is 2.96. The van der Waals surface area contributed by atoms with Crippen LogP contribution in [0, 0.1) is 11.3 Å². The normalized spacial score (nSPS) is 10.3. The summed E-state index contributed by atoms with van der Waals surface area (Å²) >= 11 is 3.37. The summed E-state index contributed by atoms with van der Waals surface area (Å²) in [6.45, 7) is 2.03. The van der Waals surface area contributed by atoms with Crippen molar-refractivity contribution in [1.29, 1.82) is 5.26 Å². The van der Waals surface area contributed by atoms with Crippen molar-refractivity contribution in [2.24, 2.45) is 0 Å². The number of hydrogen-bond donors (Lipinski definition) is 1. The van der Waals surface area contributed by atoms with Crippen LogP contribution in [0.25, 0.3) is 10.9 Å². The third-order valence-electron chi connectivity index (χ3n) is 2.54. The van der Waals surface area contributed by atoms with Gasteiger partial charge in [-0.1, -0.05) is 22.9 Å². The number of aryl methyl sites for hydroxylation is 1. The molecule has 0 fully saturated rings. The number of aromatic amines is 1. The molecule has 16 heavy (non-hydrogen) atoms. The van der Waals surface area contributed by atoms with Crippen LogP contribution in [0.5, 0.6) is 0 Å². The minimum Gasteiger partial charge on any atom is -0.359 e. The zero-order valence-corrected chi connectivity index (χ0v) is 10.3. The molecule has 1 aromatic heterocycles. The Kier molecular flexibility index (Phi) is 2.80. The maximum absolute atomic E-state index is 11.9. The molecule has 2 rings (SSSR count). The Morgan fingerprint density at radius 3 is 2.88 bits per heavy atom. The molecule has 80 valence electrons. The fraction of sp³-hybridized carbons (Fsp3) is 0.167. The van der Waals surface area contributed by atoms with Gasteiger partial charge in [0.1, 0.15) is 11.6 Å². The molecule has 0 saturated heterocycles. The Bertz CT molecular complexity index is 652. The maximum atomic E-state index is 11.9. The van der Waals surface area contributed by atoms with E-state index in [1.54, 1.807) is 6.07 Å². The number of benzene rings is 1. The van der Waals surface area contributed by atoms with Crippen LogP contribution in [0.2, 0.25) is 0 Å². The number of fused-ring (bicyclic) bond motifs is 1. The van der Waals surface area contributed by atoms with Gasteiger partial charge in [-0.15, -0.1) is 0 Å². The molecule has 0 radical (unpaired) electrons. The van der Waals surface area contributed by atoms with Crippen molar-refractivity contribution in [3.05, 3.63) is 44.2 Å². The van der Waals surface area contributed by atoms with Gasteiger partial charge in [-0.2, -0.15) is 5.26 Å². The van der Waals surface area contributed by atoms with Crippen LogP contribution in [0.15, 0.2) is 27.6 Å². The zero-order valence-electron chi connectivity index (χ0n) is 8.67. The highest BCUT2D eigenvalue weighted by molar-refractivity contribution is 9.10. The van der Waals surface area contributed by atoms with E-state index in [0.717, 1.165) is 22.0 Å². The molecule has 0 saturated carbocycles. The van der Waals surface area contributed by atoms with E-state index >= 15 is 0 Å². The maximum Gasteiger partial charge on any atom is 0.207 e. The Morgan fingerprint density at radius 1 is 1.50 bits per heavy atom. The standard InChI is InChI=1S/C12H9BrN2O/c1-2-7-3-9(13)4-10-11(7)15-6-8(5-14)12(10)16/h3-4,6H,2H2,1H3,(H,15,16). The lowest BCUT2D eigenvalue weighted by molar-refractivity contribution is 1.14. The highest BCUT2D eigenvalue weighted by atomic mass is 79.9. The van der Waals surface area contributed by atoms with Gasteiger partial charge in [-0.05, 0) is 24.1 Å². The quantitative estimate of drug-likeness (QED) is 0.871. The molecule has 1 N–H and O–H groups in total. The summed E-state index contributed by atoms with van der Waals surface area (Å²) in [6, 6.07) is 5.61. The summed E-state index contributed by atoms with van der Waals surface area (Å²) in [6.07, 6.45) is 2.30. The molecule has 0 amide bonds. The molecule has 0 aliphatic carbocycles. The molecule has 0 spiro atoms. The van der Waals surface area contributed by atoms with Crippen molar-refractivity contribution in [3.8, 4) is 6.07 Å². The topological polar surface area (TPSA) is 56.6 Å². The van der Waals surface area contributed by atoms with Crippen LogP contribution in [0.3, 0.4) is 0 Å². The number of nitriles is 1. The number of aromatic nitrogens is 1. The van der Waals surface area contributed by atoms with Crippen LogP contribution in [0.1, 0.15) is 18.1 Å². The molecule has 0 atom stereocenters. The summed E-state index contributed by atoms with van der Waals surface area (Å²) in [4.78, 5) is 14.9.